The van der Waals surface area contributed by atoms with Gasteiger partial charge in [0.15, 0.2) is 0 Å². The normalized spacial score (nSPS) is 16.2. The first-order valence-corrected chi connectivity index (χ1v) is 6.47. The molecule has 102 valence electrons. The molecule has 0 N–H and O–H groups in total. The average Bonchev–Trinajstić information content (AvgIpc) is 2.54. The van der Waals surface area contributed by atoms with Crippen LogP contribution in [0, 0.1) is 0 Å². The highest BCUT2D eigenvalue weighted by molar-refractivity contribution is 5.62. The highest BCUT2D eigenvalue weighted by Gasteiger charge is 2.17. The standard InChI is InChI=1S/C17H16O3/c1-18-14-5-3-4-12(10-14)16-8-6-13-11-15(19-2)7-9-17(13)20-16/h3-11,16H,1-2H3. The van der Waals surface area contributed by atoms with E-state index in [9.17, 15) is 0 Å². The van der Waals surface area contributed by atoms with Crippen LogP contribution in [0.3, 0.4) is 0 Å². The number of hydrogen-bond acceptors (Lipinski definition) is 3. The van der Waals surface area contributed by atoms with Crippen LogP contribution in [0.2, 0.25) is 0 Å². The van der Waals surface area contributed by atoms with Crippen molar-refractivity contribution in [3.05, 3.63) is 59.7 Å². The van der Waals surface area contributed by atoms with Crippen molar-refractivity contribution in [2.24, 2.45) is 0 Å². The monoisotopic (exact) mass is 268 g/mol. The van der Waals surface area contributed by atoms with E-state index in [1.165, 1.54) is 0 Å². The molecular weight excluding hydrogens is 252 g/mol. The summed E-state index contributed by atoms with van der Waals surface area (Å²) in [7, 11) is 3.33. The van der Waals surface area contributed by atoms with Crippen LogP contribution in [0.25, 0.3) is 6.08 Å². The summed E-state index contributed by atoms with van der Waals surface area (Å²) in [6.07, 6.45) is 4.01. The SMILES string of the molecule is COc1cccc(C2C=Cc3cc(OC)ccc3O2)c1. The van der Waals surface area contributed by atoms with Crippen molar-refractivity contribution in [2.75, 3.05) is 14.2 Å². The number of benzene rings is 2. The van der Waals surface area contributed by atoms with Gasteiger partial charge in [-0.3, -0.25) is 0 Å². The zero-order valence-electron chi connectivity index (χ0n) is 11.5. The largest absolute Gasteiger partial charge is 0.497 e. The summed E-state index contributed by atoms with van der Waals surface area (Å²) in [5.41, 5.74) is 2.10. The molecule has 2 aromatic rings. The lowest BCUT2D eigenvalue weighted by Crippen LogP contribution is -2.09. The molecule has 1 atom stereocenters. The van der Waals surface area contributed by atoms with E-state index < -0.39 is 0 Å². The maximum Gasteiger partial charge on any atom is 0.142 e. The molecule has 3 rings (SSSR count). The predicted molar refractivity (Wildman–Crippen MR) is 78.4 cm³/mol. The number of ether oxygens (including phenoxy) is 3. The third kappa shape index (κ3) is 2.35. The van der Waals surface area contributed by atoms with Gasteiger partial charge in [-0.05, 0) is 42.0 Å². The third-order valence-corrected chi connectivity index (χ3v) is 3.34. The van der Waals surface area contributed by atoms with Crippen molar-refractivity contribution in [3.8, 4) is 17.2 Å². The average molecular weight is 268 g/mol. The Balaban J connectivity index is 1.89. The van der Waals surface area contributed by atoms with Crippen molar-refractivity contribution in [1.82, 2.24) is 0 Å². The zero-order chi connectivity index (χ0) is 13.9. The zero-order valence-corrected chi connectivity index (χ0v) is 11.5. The van der Waals surface area contributed by atoms with Crippen LogP contribution in [0.1, 0.15) is 17.2 Å². The quantitative estimate of drug-likeness (QED) is 0.846. The first-order valence-electron chi connectivity index (χ1n) is 6.47. The van der Waals surface area contributed by atoms with Crippen LogP contribution in [0.15, 0.2) is 48.5 Å². The van der Waals surface area contributed by atoms with Gasteiger partial charge in [-0.15, -0.1) is 0 Å². The maximum atomic E-state index is 6.02. The van der Waals surface area contributed by atoms with E-state index in [1.807, 2.05) is 48.5 Å². The summed E-state index contributed by atoms with van der Waals surface area (Å²) < 4.78 is 16.5. The molecule has 0 aromatic heterocycles. The molecule has 0 spiro atoms. The van der Waals surface area contributed by atoms with E-state index in [2.05, 4.69) is 6.08 Å². The van der Waals surface area contributed by atoms with Gasteiger partial charge in [-0.1, -0.05) is 18.2 Å². The van der Waals surface area contributed by atoms with Crippen molar-refractivity contribution in [3.63, 3.8) is 0 Å². The van der Waals surface area contributed by atoms with E-state index in [1.54, 1.807) is 14.2 Å². The highest BCUT2D eigenvalue weighted by atomic mass is 16.5. The summed E-state index contributed by atoms with van der Waals surface area (Å²) in [5, 5.41) is 0. The summed E-state index contributed by atoms with van der Waals surface area (Å²) in [4.78, 5) is 0. The molecule has 1 aliphatic rings. The van der Waals surface area contributed by atoms with Crippen molar-refractivity contribution < 1.29 is 14.2 Å². The molecule has 3 nitrogen and oxygen atoms in total. The molecule has 0 saturated carbocycles. The number of hydrogen-bond donors (Lipinski definition) is 0. The van der Waals surface area contributed by atoms with Gasteiger partial charge in [0.05, 0.1) is 14.2 Å². The lowest BCUT2D eigenvalue weighted by Gasteiger charge is -2.22. The van der Waals surface area contributed by atoms with Crippen LogP contribution in [-0.4, -0.2) is 14.2 Å². The fraction of sp³-hybridized carbons (Fsp3) is 0.176. The minimum atomic E-state index is -0.0917. The van der Waals surface area contributed by atoms with Crippen LogP contribution >= 0.6 is 0 Å². The van der Waals surface area contributed by atoms with Crippen LogP contribution in [-0.2, 0) is 0 Å². The Kier molecular flexibility index (Phi) is 3.33. The molecule has 1 heterocycles. The number of methoxy groups -OCH3 is 2. The first kappa shape index (κ1) is 12.6. The minimum Gasteiger partial charge on any atom is -0.497 e. The predicted octanol–water partition coefficient (Wildman–Crippen LogP) is 3.85. The Morgan fingerprint density at radius 2 is 1.75 bits per heavy atom. The number of rotatable bonds is 3. The van der Waals surface area contributed by atoms with Gasteiger partial charge in [0.2, 0.25) is 0 Å². The van der Waals surface area contributed by atoms with E-state index in [0.717, 1.165) is 28.4 Å². The van der Waals surface area contributed by atoms with E-state index in [-0.39, 0.29) is 6.10 Å². The Labute approximate surface area is 118 Å². The van der Waals surface area contributed by atoms with Gasteiger partial charge in [-0.2, -0.15) is 0 Å². The highest BCUT2D eigenvalue weighted by Crippen LogP contribution is 2.35. The fourth-order valence-corrected chi connectivity index (χ4v) is 2.26. The Morgan fingerprint density at radius 3 is 2.55 bits per heavy atom. The second-order valence-electron chi connectivity index (χ2n) is 4.58. The molecule has 0 saturated heterocycles. The second kappa shape index (κ2) is 5.29. The number of fused-ring (bicyclic) bond motifs is 1. The van der Waals surface area contributed by atoms with Gasteiger partial charge in [0.1, 0.15) is 23.4 Å². The van der Waals surface area contributed by atoms with Crippen LogP contribution in [0.5, 0.6) is 17.2 Å². The summed E-state index contributed by atoms with van der Waals surface area (Å²) in [6, 6.07) is 13.7. The molecule has 0 aliphatic carbocycles. The van der Waals surface area contributed by atoms with E-state index in [4.69, 9.17) is 14.2 Å². The van der Waals surface area contributed by atoms with Gasteiger partial charge in [0, 0.05) is 5.56 Å². The smallest absolute Gasteiger partial charge is 0.142 e. The van der Waals surface area contributed by atoms with Crippen LogP contribution in [0.4, 0.5) is 0 Å². The maximum absolute atomic E-state index is 6.02. The molecule has 0 radical (unpaired) electrons. The van der Waals surface area contributed by atoms with E-state index >= 15 is 0 Å². The molecule has 2 aromatic carbocycles. The summed E-state index contributed by atoms with van der Waals surface area (Å²) in [6.45, 7) is 0. The third-order valence-electron chi connectivity index (χ3n) is 3.34. The second-order valence-corrected chi connectivity index (χ2v) is 4.58. The molecule has 0 bridgehead atoms. The molecule has 1 aliphatic heterocycles. The van der Waals surface area contributed by atoms with Crippen LogP contribution < -0.4 is 14.2 Å². The fourth-order valence-electron chi connectivity index (χ4n) is 2.26. The van der Waals surface area contributed by atoms with Crippen molar-refractivity contribution >= 4 is 6.08 Å². The van der Waals surface area contributed by atoms with E-state index in [0.29, 0.717) is 0 Å². The lowest BCUT2D eigenvalue weighted by molar-refractivity contribution is 0.250. The lowest BCUT2D eigenvalue weighted by atomic mass is 10.0. The molecule has 1 unspecified atom stereocenters. The molecule has 20 heavy (non-hydrogen) atoms. The molecular formula is C17H16O3. The van der Waals surface area contributed by atoms with Gasteiger partial charge < -0.3 is 14.2 Å². The van der Waals surface area contributed by atoms with Gasteiger partial charge >= 0.3 is 0 Å². The molecule has 0 fully saturated rings. The van der Waals surface area contributed by atoms with Gasteiger partial charge in [0.25, 0.3) is 0 Å². The van der Waals surface area contributed by atoms with Gasteiger partial charge in [-0.25, -0.2) is 0 Å². The topological polar surface area (TPSA) is 27.7 Å². The summed E-state index contributed by atoms with van der Waals surface area (Å²) in [5.74, 6) is 2.53. The Hall–Kier alpha value is -2.42. The van der Waals surface area contributed by atoms with Crippen molar-refractivity contribution in [2.45, 2.75) is 6.10 Å². The van der Waals surface area contributed by atoms with Crippen molar-refractivity contribution in [1.29, 1.82) is 0 Å². The summed E-state index contributed by atoms with van der Waals surface area (Å²) >= 11 is 0. The molecule has 0 amide bonds. The first-order chi connectivity index (χ1) is 9.80. The minimum absolute atomic E-state index is 0.0917. The molecule has 3 heteroatoms. The Morgan fingerprint density at radius 1 is 0.950 bits per heavy atom. The Bertz CT molecular complexity index is 646.